The fourth-order valence-electron chi connectivity index (χ4n) is 0.468. The van der Waals surface area contributed by atoms with Gasteiger partial charge in [-0.2, -0.15) is 0 Å². The van der Waals surface area contributed by atoms with Crippen LogP contribution in [0.15, 0.2) is 12.5 Å². The van der Waals surface area contributed by atoms with Gasteiger partial charge in [0.05, 0.1) is 6.26 Å². The van der Waals surface area contributed by atoms with Gasteiger partial charge >= 0.3 is 0 Å². The third-order valence-electron chi connectivity index (χ3n) is 1.11. The van der Waals surface area contributed by atoms with Crippen LogP contribution in [0.3, 0.4) is 0 Å². The van der Waals surface area contributed by atoms with Crippen molar-refractivity contribution < 1.29 is 4.74 Å². The second kappa shape index (κ2) is 6.04. The number of rotatable bonds is 5. The molecule has 0 atom stereocenters. The minimum atomic E-state index is 0.747. The molecule has 3 nitrogen and oxygen atoms in total. The molecule has 0 heterocycles. The summed E-state index contributed by atoms with van der Waals surface area (Å²) in [5.74, 6) is 0. The SMILES string of the molecule is CN(C)C=COCCN(C)C. The fraction of sp³-hybridized carbons (Fsp3) is 0.750. The average Bonchev–Trinajstić information content (AvgIpc) is 1.85. The fourth-order valence-corrected chi connectivity index (χ4v) is 0.468. The van der Waals surface area contributed by atoms with E-state index in [0.717, 1.165) is 13.2 Å². The van der Waals surface area contributed by atoms with E-state index in [4.69, 9.17) is 4.74 Å². The Hall–Kier alpha value is -0.700. The van der Waals surface area contributed by atoms with Gasteiger partial charge in [-0.05, 0) is 14.1 Å². The van der Waals surface area contributed by atoms with Gasteiger partial charge in [0.25, 0.3) is 0 Å². The lowest BCUT2D eigenvalue weighted by atomic mass is 10.6. The van der Waals surface area contributed by atoms with Gasteiger partial charge in [-0.3, -0.25) is 0 Å². The molecule has 0 fully saturated rings. The van der Waals surface area contributed by atoms with Gasteiger partial charge in [0, 0.05) is 26.8 Å². The molecule has 0 unspecified atom stereocenters. The van der Waals surface area contributed by atoms with E-state index in [1.54, 1.807) is 6.26 Å². The molecule has 0 aliphatic rings. The molecule has 3 heteroatoms. The van der Waals surface area contributed by atoms with Crippen LogP contribution in [0, 0.1) is 0 Å². The first-order valence-electron chi connectivity index (χ1n) is 3.72. The highest BCUT2D eigenvalue weighted by molar-refractivity contribution is 4.69. The van der Waals surface area contributed by atoms with Crippen LogP contribution in [0.5, 0.6) is 0 Å². The summed E-state index contributed by atoms with van der Waals surface area (Å²) < 4.78 is 5.19. The highest BCUT2D eigenvalue weighted by Gasteiger charge is 1.86. The quantitative estimate of drug-likeness (QED) is 0.430. The topological polar surface area (TPSA) is 15.7 Å². The molecule has 0 aromatic heterocycles. The monoisotopic (exact) mass is 158 g/mol. The Morgan fingerprint density at radius 3 is 2.27 bits per heavy atom. The van der Waals surface area contributed by atoms with Crippen LogP contribution in [0.4, 0.5) is 0 Å². The maximum Gasteiger partial charge on any atom is 0.100 e. The summed E-state index contributed by atoms with van der Waals surface area (Å²) >= 11 is 0. The van der Waals surface area contributed by atoms with E-state index < -0.39 is 0 Å². The molecule has 0 bridgehead atoms. The van der Waals surface area contributed by atoms with E-state index in [2.05, 4.69) is 4.90 Å². The molecule has 0 rings (SSSR count). The molecule has 0 aromatic rings. The molecule has 0 spiro atoms. The van der Waals surface area contributed by atoms with E-state index >= 15 is 0 Å². The maximum absolute atomic E-state index is 5.19. The van der Waals surface area contributed by atoms with Gasteiger partial charge in [-0.25, -0.2) is 0 Å². The largest absolute Gasteiger partial charge is 0.498 e. The third kappa shape index (κ3) is 9.30. The van der Waals surface area contributed by atoms with Crippen molar-refractivity contribution in [1.29, 1.82) is 0 Å². The molecular weight excluding hydrogens is 140 g/mol. The molecule has 11 heavy (non-hydrogen) atoms. The standard InChI is InChI=1S/C8H18N2O/c1-9(2)5-7-11-8-6-10(3)4/h5,7H,6,8H2,1-4H3. The lowest BCUT2D eigenvalue weighted by Gasteiger charge is -2.08. The zero-order valence-electron chi connectivity index (χ0n) is 7.87. The first kappa shape index (κ1) is 10.3. The van der Waals surface area contributed by atoms with E-state index in [0.29, 0.717) is 0 Å². The van der Waals surface area contributed by atoms with Crippen molar-refractivity contribution in [3.63, 3.8) is 0 Å². The highest BCUT2D eigenvalue weighted by Crippen LogP contribution is 1.82. The molecular formula is C8H18N2O. The maximum atomic E-state index is 5.19. The summed E-state index contributed by atoms with van der Waals surface area (Å²) in [6.45, 7) is 1.70. The minimum Gasteiger partial charge on any atom is -0.498 e. The Balaban J connectivity index is 3.14. The van der Waals surface area contributed by atoms with Crippen molar-refractivity contribution in [2.75, 3.05) is 41.3 Å². The van der Waals surface area contributed by atoms with Crippen LogP contribution < -0.4 is 0 Å². The van der Waals surface area contributed by atoms with Gasteiger partial charge in [-0.1, -0.05) is 0 Å². The third-order valence-corrected chi connectivity index (χ3v) is 1.11. The summed E-state index contributed by atoms with van der Waals surface area (Å²) in [4.78, 5) is 4.03. The zero-order valence-corrected chi connectivity index (χ0v) is 7.87. The van der Waals surface area contributed by atoms with Gasteiger partial charge in [0.15, 0.2) is 0 Å². The van der Waals surface area contributed by atoms with Crippen LogP contribution in [-0.4, -0.2) is 51.1 Å². The minimum absolute atomic E-state index is 0.747. The van der Waals surface area contributed by atoms with E-state index in [9.17, 15) is 0 Å². The van der Waals surface area contributed by atoms with Gasteiger partial charge in [-0.15, -0.1) is 0 Å². The van der Waals surface area contributed by atoms with Gasteiger partial charge < -0.3 is 14.5 Å². The van der Waals surface area contributed by atoms with E-state index in [-0.39, 0.29) is 0 Å². The van der Waals surface area contributed by atoms with Crippen LogP contribution in [-0.2, 0) is 4.74 Å². The highest BCUT2D eigenvalue weighted by atomic mass is 16.5. The molecule has 0 saturated heterocycles. The van der Waals surface area contributed by atoms with Crippen molar-refractivity contribution in [2.45, 2.75) is 0 Å². The summed E-state index contributed by atoms with van der Waals surface area (Å²) in [7, 11) is 7.98. The number of ether oxygens (including phenoxy) is 1. The van der Waals surface area contributed by atoms with Gasteiger partial charge in [0.2, 0.25) is 0 Å². The van der Waals surface area contributed by atoms with Crippen molar-refractivity contribution in [3.05, 3.63) is 12.5 Å². The van der Waals surface area contributed by atoms with Crippen LogP contribution in [0.2, 0.25) is 0 Å². The van der Waals surface area contributed by atoms with Crippen LogP contribution >= 0.6 is 0 Å². The van der Waals surface area contributed by atoms with E-state index in [1.807, 2.05) is 39.3 Å². The number of hydrogen-bond donors (Lipinski definition) is 0. The van der Waals surface area contributed by atoms with Crippen molar-refractivity contribution in [3.8, 4) is 0 Å². The van der Waals surface area contributed by atoms with Crippen molar-refractivity contribution in [1.82, 2.24) is 9.80 Å². The summed E-state index contributed by atoms with van der Waals surface area (Å²) in [6, 6.07) is 0. The molecule has 0 radical (unpaired) electrons. The molecule has 0 aromatic carbocycles. The Kier molecular flexibility index (Phi) is 5.65. The Morgan fingerprint density at radius 2 is 1.82 bits per heavy atom. The first-order chi connectivity index (χ1) is 5.13. The number of likely N-dealkylation sites (N-methyl/N-ethyl adjacent to an activating group) is 1. The molecule has 0 N–H and O–H groups in total. The second-order valence-corrected chi connectivity index (χ2v) is 2.92. The van der Waals surface area contributed by atoms with Crippen molar-refractivity contribution in [2.24, 2.45) is 0 Å². The van der Waals surface area contributed by atoms with Gasteiger partial charge in [0.1, 0.15) is 6.61 Å². The molecule has 66 valence electrons. The smallest absolute Gasteiger partial charge is 0.100 e. The molecule has 0 aliphatic carbocycles. The molecule has 0 amide bonds. The number of hydrogen-bond acceptors (Lipinski definition) is 3. The Morgan fingerprint density at radius 1 is 1.18 bits per heavy atom. The lowest BCUT2D eigenvalue weighted by molar-refractivity contribution is 0.208. The Bertz CT molecular complexity index is 111. The van der Waals surface area contributed by atoms with Crippen molar-refractivity contribution >= 4 is 0 Å². The number of nitrogens with zero attached hydrogens (tertiary/aromatic N) is 2. The first-order valence-corrected chi connectivity index (χ1v) is 3.72. The van der Waals surface area contributed by atoms with Crippen LogP contribution in [0.1, 0.15) is 0 Å². The Labute approximate surface area is 69.2 Å². The normalized spacial score (nSPS) is 11.0. The zero-order chi connectivity index (χ0) is 8.69. The summed E-state index contributed by atoms with van der Waals surface area (Å²) in [5, 5.41) is 0. The summed E-state index contributed by atoms with van der Waals surface area (Å²) in [6.07, 6.45) is 3.60. The molecule has 0 aliphatic heterocycles. The summed E-state index contributed by atoms with van der Waals surface area (Å²) in [5.41, 5.74) is 0. The average molecular weight is 158 g/mol. The predicted octanol–water partition coefficient (Wildman–Crippen LogP) is 0.597. The van der Waals surface area contributed by atoms with Crippen LogP contribution in [0.25, 0.3) is 0 Å². The molecule has 0 saturated carbocycles. The second-order valence-electron chi connectivity index (χ2n) is 2.92. The van der Waals surface area contributed by atoms with E-state index in [1.165, 1.54) is 0 Å². The lowest BCUT2D eigenvalue weighted by Crippen LogP contribution is -2.17. The predicted molar refractivity (Wildman–Crippen MR) is 47.3 cm³/mol.